The van der Waals surface area contributed by atoms with Crippen molar-refractivity contribution in [1.29, 1.82) is 0 Å². The van der Waals surface area contributed by atoms with Crippen LogP contribution in [0.3, 0.4) is 0 Å². The highest BCUT2D eigenvalue weighted by Gasteiger charge is 2.40. The summed E-state index contributed by atoms with van der Waals surface area (Å²) >= 11 is 0. The lowest BCUT2D eigenvalue weighted by molar-refractivity contribution is -0.139. The van der Waals surface area contributed by atoms with E-state index in [9.17, 15) is 23.6 Å². The third-order valence-electron chi connectivity index (χ3n) is 8.52. The first-order valence-corrected chi connectivity index (χ1v) is 15.1. The van der Waals surface area contributed by atoms with Gasteiger partial charge in [-0.25, -0.2) is 24.1 Å². The van der Waals surface area contributed by atoms with E-state index in [-0.39, 0.29) is 42.6 Å². The molecule has 1 aromatic carbocycles. The fraction of sp³-hybridized carbons (Fsp3) is 0.375. The lowest BCUT2D eigenvalue weighted by atomic mass is 10.0. The summed E-state index contributed by atoms with van der Waals surface area (Å²) in [4.78, 5) is 66.5. The molecule has 4 aromatic rings. The molecule has 2 atom stereocenters. The number of nitrogens with zero attached hydrogens (tertiary/aromatic N) is 7. The average Bonchev–Trinajstić information content (AvgIpc) is 3.62. The summed E-state index contributed by atoms with van der Waals surface area (Å²) in [5.41, 5.74) is 2.43. The van der Waals surface area contributed by atoms with Gasteiger partial charge in [-0.05, 0) is 49.6 Å². The van der Waals surface area contributed by atoms with Crippen molar-refractivity contribution in [2.45, 2.75) is 57.9 Å². The number of likely N-dealkylation sites (tertiary alicyclic amines) is 1. The van der Waals surface area contributed by atoms with Gasteiger partial charge in [0.1, 0.15) is 36.1 Å². The first kappa shape index (κ1) is 30.7. The average molecular weight is 629 g/mol. The molecular weight excluding hydrogens is 595 g/mol. The molecule has 2 aliphatic rings. The van der Waals surface area contributed by atoms with E-state index in [1.807, 2.05) is 17.0 Å². The molecule has 0 unspecified atom stereocenters. The van der Waals surface area contributed by atoms with Crippen molar-refractivity contribution in [2.24, 2.45) is 0 Å². The molecule has 2 fully saturated rings. The van der Waals surface area contributed by atoms with Gasteiger partial charge in [0.05, 0.1) is 17.6 Å². The maximum atomic E-state index is 14.7. The van der Waals surface area contributed by atoms with Crippen molar-refractivity contribution >= 4 is 40.3 Å². The van der Waals surface area contributed by atoms with Crippen LogP contribution in [-0.2, 0) is 16.1 Å². The number of halogens is 1. The Bertz CT molecular complexity index is 1800. The number of hydrogen-bond donors (Lipinski definition) is 2. The number of ketones is 1. The van der Waals surface area contributed by atoms with Gasteiger partial charge in [0.25, 0.3) is 0 Å². The Balaban J connectivity index is 1.12. The zero-order valence-corrected chi connectivity index (χ0v) is 25.4. The molecule has 0 aliphatic carbocycles. The molecule has 3 aromatic heterocycles. The number of Topliss-reactive ketones (excluding diaryl/α,β-unsaturated/α-hetero) is 1. The number of fused-ring (bicyclic) bond motifs is 1. The number of carboxylic acids is 1. The van der Waals surface area contributed by atoms with Gasteiger partial charge in [-0.3, -0.25) is 19.1 Å². The topological polar surface area (TPSA) is 164 Å². The molecule has 2 N–H and O–H groups in total. The molecule has 14 heteroatoms. The van der Waals surface area contributed by atoms with Crippen molar-refractivity contribution in [3.8, 4) is 11.1 Å². The number of carbonyl (C=O) groups excluding carboxylic acids is 3. The number of alkyl halides is 1. The van der Waals surface area contributed by atoms with Crippen LogP contribution in [0.2, 0.25) is 0 Å². The summed E-state index contributed by atoms with van der Waals surface area (Å²) in [7, 11) is 0. The van der Waals surface area contributed by atoms with Gasteiger partial charge < -0.3 is 20.2 Å². The fourth-order valence-electron chi connectivity index (χ4n) is 6.06. The van der Waals surface area contributed by atoms with Gasteiger partial charge in [0, 0.05) is 62.0 Å². The molecule has 0 radical (unpaired) electrons. The third kappa shape index (κ3) is 6.28. The molecule has 2 saturated heterocycles. The first-order chi connectivity index (χ1) is 22.1. The molecule has 13 nitrogen and oxygen atoms in total. The molecular formula is C32H33FN8O5. The molecule has 46 heavy (non-hydrogen) atoms. The van der Waals surface area contributed by atoms with E-state index in [2.05, 4.69) is 25.4 Å². The van der Waals surface area contributed by atoms with Crippen molar-refractivity contribution in [3.63, 3.8) is 0 Å². The summed E-state index contributed by atoms with van der Waals surface area (Å²) in [6, 6.07) is 7.44. The zero-order valence-electron chi connectivity index (χ0n) is 25.4. The van der Waals surface area contributed by atoms with E-state index in [4.69, 9.17) is 5.11 Å². The lowest BCUT2D eigenvalue weighted by Gasteiger charge is -2.34. The summed E-state index contributed by atoms with van der Waals surface area (Å²) in [6.07, 6.45) is 4.47. The van der Waals surface area contributed by atoms with Crippen LogP contribution in [0.25, 0.3) is 22.0 Å². The van der Waals surface area contributed by atoms with Gasteiger partial charge >= 0.3 is 5.97 Å². The van der Waals surface area contributed by atoms with Crippen LogP contribution >= 0.6 is 0 Å². The second kappa shape index (κ2) is 12.6. The fourth-order valence-corrected chi connectivity index (χ4v) is 6.06. The van der Waals surface area contributed by atoms with Crippen molar-refractivity contribution in [3.05, 3.63) is 66.0 Å². The van der Waals surface area contributed by atoms with Crippen LogP contribution in [-0.4, -0.2) is 96.2 Å². The minimum atomic E-state index is -1.34. The Morgan fingerprint density at radius 3 is 2.39 bits per heavy atom. The number of piperidine rings is 1. The molecule has 0 bridgehead atoms. The second-order valence-electron chi connectivity index (χ2n) is 11.7. The maximum absolute atomic E-state index is 14.7. The quantitative estimate of drug-likeness (QED) is 0.277. The first-order valence-electron chi connectivity index (χ1n) is 15.1. The molecule has 6 rings (SSSR count). The van der Waals surface area contributed by atoms with Crippen molar-refractivity contribution in [2.75, 3.05) is 24.5 Å². The number of pyridine rings is 1. The largest absolute Gasteiger partial charge is 0.478 e. The summed E-state index contributed by atoms with van der Waals surface area (Å²) in [5, 5.41) is 17.1. The van der Waals surface area contributed by atoms with Gasteiger partial charge in [0.2, 0.25) is 11.8 Å². The Hall–Kier alpha value is -5.27. The highest BCUT2D eigenvalue weighted by atomic mass is 19.1. The van der Waals surface area contributed by atoms with Crippen LogP contribution in [0.1, 0.15) is 52.9 Å². The molecule has 2 aliphatic heterocycles. The lowest BCUT2D eigenvalue weighted by Crippen LogP contribution is -2.52. The number of carbonyl (C=O) groups is 4. The Morgan fingerprint density at radius 2 is 1.74 bits per heavy atom. The Kier molecular flexibility index (Phi) is 8.43. The number of hydrogen-bond acceptors (Lipinski definition) is 9. The van der Waals surface area contributed by atoms with Crippen molar-refractivity contribution in [1.82, 2.24) is 34.9 Å². The Labute approximate surface area is 263 Å². The van der Waals surface area contributed by atoms with E-state index in [1.54, 1.807) is 31.5 Å². The van der Waals surface area contributed by atoms with E-state index in [1.165, 1.54) is 28.8 Å². The van der Waals surface area contributed by atoms with E-state index in [0.717, 1.165) is 11.1 Å². The number of aryl methyl sites for hydroxylation is 1. The van der Waals surface area contributed by atoms with E-state index < -0.39 is 30.0 Å². The molecule has 2 amide bonds. The normalized spacial score (nSPS) is 18.6. The van der Waals surface area contributed by atoms with Crippen LogP contribution < -0.4 is 10.2 Å². The monoisotopic (exact) mass is 628 g/mol. The zero-order chi connectivity index (χ0) is 32.5. The van der Waals surface area contributed by atoms with Crippen LogP contribution in [0, 0.1) is 6.92 Å². The van der Waals surface area contributed by atoms with Gasteiger partial charge in [0.15, 0.2) is 5.78 Å². The third-order valence-corrected chi connectivity index (χ3v) is 8.52. The van der Waals surface area contributed by atoms with Crippen LogP contribution in [0.15, 0.2) is 48.9 Å². The van der Waals surface area contributed by atoms with Crippen molar-refractivity contribution < 1.29 is 28.7 Å². The number of benzene rings is 1. The predicted molar refractivity (Wildman–Crippen MR) is 165 cm³/mol. The van der Waals surface area contributed by atoms with Gasteiger partial charge in [-0.1, -0.05) is 6.07 Å². The van der Waals surface area contributed by atoms with Crippen LogP contribution in [0.4, 0.5) is 10.2 Å². The minimum Gasteiger partial charge on any atom is -0.478 e. The number of aromatic carboxylic acids is 1. The highest BCUT2D eigenvalue weighted by Crippen LogP contribution is 2.28. The molecule has 0 saturated carbocycles. The minimum absolute atomic E-state index is 0.100. The smallest absolute Gasteiger partial charge is 0.337 e. The number of nitrogens with one attached hydrogen (secondary N) is 1. The highest BCUT2D eigenvalue weighted by molar-refractivity contribution is 6.06. The predicted octanol–water partition coefficient (Wildman–Crippen LogP) is 2.82. The number of amides is 2. The SMILES string of the molecule is CC(=O)c1nn(CC(=O)N2C[C@H](F)C[C@H]2C(=O)NC2CCN(c3ccc(C(=O)O)cn3)CC2)c2ccc(-c3cnc(C)nc3)cc12. The van der Waals surface area contributed by atoms with Crippen LogP contribution in [0.5, 0.6) is 0 Å². The number of anilines is 1. The molecule has 5 heterocycles. The number of aromatic nitrogens is 5. The van der Waals surface area contributed by atoms with Gasteiger partial charge in [-0.15, -0.1) is 0 Å². The number of carboxylic acid groups (broad SMARTS) is 1. The standard InChI is InChI=1S/C32H33FN8O5/c1-18(42)30-25-11-20(22-14-34-19(2)35-15-22)3-5-26(25)41(38-30)17-29(43)40-16-23(33)12-27(40)31(44)37-24-7-9-39(10-8-24)28-6-4-21(13-36-28)32(45)46/h3-6,11,13-15,23-24,27H,7-10,12,16-17H2,1-2H3,(H,37,44)(H,45,46)/t23-,27+/m1/s1. The maximum Gasteiger partial charge on any atom is 0.337 e. The molecule has 0 spiro atoms. The summed E-state index contributed by atoms with van der Waals surface area (Å²) in [6.45, 7) is 3.90. The van der Waals surface area contributed by atoms with Gasteiger partial charge in [-0.2, -0.15) is 5.10 Å². The number of rotatable bonds is 8. The molecule has 238 valence electrons. The summed E-state index contributed by atoms with van der Waals surface area (Å²) < 4.78 is 16.1. The van der Waals surface area contributed by atoms with E-state index >= 15 is 0 Å². The second-order valence-corrected chi connectivity index (χ2v) is 11.7. The summed E-state index contributed by atoms with van der Waals surface area (Å²) in [5.74, 6) is -0.901. The Morgan fingerprint density at radius 1 is 1.00 bits per heavy atom. The van der Waals surface area contributed by atoms with E-state index in [0.29, 0.717) is 48.5 Å².